The van der Waals surface area contributed by atoms with Gasteiger partial charge in [-0.3, -0.25) is 0 Å². The third-order valence-corrected chi connectivity index (χ3v) is 3.06. The van der Waals surface area contributed by atoms with Crippen molar-refractivity contribution in [3.8, 4) is 6.07 Å². The minimum absolute atomic E-state index is 0.122. The summed E-state index contributed by atoms with van der Waals surface area (Å²) < 4.78 is 0. The molecule has 0 aromatic heterocycles. The zero-order valence-electron chi connectivity index (χ0n) is 9.19. The van der Waals surface area contributed by atoms with Crippen molar-refractivity contribution >= 4 is 5.69 Å². The molecule has 0 spiro atoms. The van der Waals surface area contributed by atoms with Gasteiger partial charge in [0.05, 0.1) is 17.7 Å². The monoisotopic (exact) mass is 216 g/mol. The zero-order chi connectivity index (χ0) is 11.4. The second-order valence-electron chi connectivity index (χ2n) is 4.34. The number of nitrogens with one attached hydrogen (secondary N) is 1. The van der Waals surface area contributed by atoms with E-state index < -0.39 is 0 Å². The molecule has 0 unspecified atom stereocenters. The number of nitrogens with zero attached hydrogens (tertiary/aromatic N) is 1. The fourth-order valence-corrected chi connectivity index (χ4v) is 2.13. The molecule has 1 aromatic carbocycles. The number of hydrogen-bond donors (Lipinski definition) is 2. The highest BCUT2D eigenvalue weighted by Crippen LogP contribution is 2.22. The summed E-state index contributed by atoms with van der Waals surface area (Å²) in [7, 11) is 0. The quantitative estimate of drug-likeness (QED) is 0.797. The van der Waals surface area contributed by atoms with E-state index in [4.69, 9.17) is 5.26 Å². The van der Waals surface area contributed by atoms with Crippen molar-refractivity contribution in [2.45, 2.75) is 37.8 Å². The van der Waals surface area contributed by atoms with Crippen LogP contribution in [0.4, 0.5) is 5.69 Å². The van der Waals surface area contributed by atoms with E-state index in [1.54, 1.807) is 6.07 Å². The van der Waals surface area contributed by atoms with E-state index in [0.29, 0.717) is 11.6 Å². The maximum absolute atomic E-state index is 9.40. The van der Waals surface area contributed by atoms with Crippen LogP contribution in [0.1, 0.15) is 31.2 Å². The van der Waals surface area contributed by atoms with Crippen LogP contribution in [0, 0.1) is 11.3 Å². The van der Waals surface area contributed by atoms with Gasteiger partial charge in [-0.05, 0) is 43.9 Å². The first kappa shape index (κ1) is 11.0. The molecule has 1 fully saturated rings. The molecule has 0 heterocycles. The molecule has 1 aromatic rings. The van der Waals surface area contributed by atoms with E-state index in [0.717, 1.165) is 31.4 Å². The predicted octanol–water partition coefficient (Wildman–Crippen LogP) is 2.27. The molecular formula is C13H16N2O. The summed E-state index contributed by atoms with van der Waals surface area (Å²) in [4.78, 5) is 0. The smallest absolute Gasteiger partial charge is 0.0992 e. The molecule has 1 aliphatic rings. The van der Waals surface area contributed by atoms with Gasteiger partial charge in [0, 0.05) is 11.7 Å². The first-order chi connectivity index (χ1) is 7.78. The van der Waals surface area contributed by atoms with Crippen molar-refractivity contribution in [1.29, 1.82) is 5.26 Å². The minimum atomic E-state index is -0.122. The fraction of sp³-hybridized carbons (Fsp3) is 0.462. The van der Waals surface area contributed by atoms with Crippen molar-refractivity contribution in [2.75, 3.05) is 5.32 Å². The van der Waals surface area contributed by atoms with Crippen molar-refractivity contribution < 1.29 is 5.11 Å². The van der Waals surface area contributed by atoms with Gasteiger partial charge in [0.2, 0.25) is 0 Å². The Morgan fingerprint density at radius 3 is 2.69 bits per heavy atom. The third-order valence-electron chi connectivity index (χ3n) is 3.06. The lowest BCUT2D eigenvalue weighted by Crippen LogP contribution is -2.28. The second-order valence-corrected chi connectivity index (χ2v) is 4.34. The summed E-state index contributed by atoms with van der Waals surface area (Å²) in [5.74, 6) is 0. The van der Waals surface area contributed by atoms with E-state index in [1.165, 1.54) is 0 Å². The zero-order valence-corrected chi connectivity index (χ0v) is 9.19. The number of hydrogen-bond acceptors (Lipinski definition) is 3. The summed E-state index contributed by atoms with van der Waals surface area (Å²) in [5, 5.41) is 21.6. The second kappa shape index (κ2) is 5.00. The van der Waals surface area contributed by atoms with E-state index in [2.05, 4.69) is 11.4 Å². The Morgan fingerprint density at radius 1 is 1.25 bits per heavy atom. The van der Waals surface area contributed by atoms with Crippen LogP contribution in [-0.4, -0.2) is 17.3 Å². The minimum Gasteiger partial charge on any atom is -0.393 e. The molecule has 2 N–H and O–H groups in total. The molecule has 1 aliphatic carbocycles. The number of rotatable bonds is 2. The van der Waals surface area contributed by atoms with Crippen LogP contribution in [0.3, 0.4) is 0 Å². The Kier molecular flexibility index (Phi) is 3.43. The molecule has 0 radical (unpaired) electrons. The molecule has 16 heavy (non-hydrogen) atoms. The molecule has 0 bridgehead atoms. The lowest BCUT2D eigenvalue weighted by Gasteiger charge is -2.27. The molecular weight excluding hydrogens is 200 g/mol. The number of aliphatic hydroxyl groups excluding tert-OH is 1. The van der Waals surface area contributed by atoms with Crippen LogP contribution >= 0.6 is 0 Å². The Bertz CT molecular complexity index is 389. The van der Waals surface area contributed by atoms with E-state index in [1.807, 2.05) is 18.2 Å². The SMILES string of the molecule is N#Cc1cccc(NC2CCC(O)CC2)c1. The fourth-order valence-electron chi connectivity index (χ4n) is 2.13. The van der Waals surface area contributed by atoms with Crippen LogP contribution in [-0.2, 0) is 0 Å². The van der Waals surface area contributed by atoms with Gasteiger partial charge < -0.3 is 10.4 Å². The molecule has 84 valence electrons. The summed E-state index contributed by atoms with van der Waals surface area (Å²) in [6.45, 7) is 0. The topological polar surface area (TPSA) is 56.0 Å². The van der Waals surface area contributed by atoms with Gasteiger partial charge in [0.25, 0.3) is 0 Å². The Morgan fingerprint density at radius 2 is 2.00 bits per heavy atom. The van der Waals surface area contributed by atoms with Gasteiger partial charge in [0.1, 0.15) is 0 Å². The summed E-state index contributed by atoms with van der Waals surface area (Å²) in [5.41, 5.74) is 1.68. The average Bonchev–Trinajstić information content (AvgIpc) is 2.32. The van der Waals surface area contributed by atoms with Crippen LogP contribution < -0.4 is 5.32 Å². The lowest BCUT2D eigenvalue weighted by atomic mass is 9.93. The van der Waals surface area contributed by atoms with Crippen LogP contribution in [0.15, 0.2) is 24.3 Å². The molecule has 3 nitrogen and oxygen atoms in total. The van der Waals surface area contributed by atoms with E-state index >= 15 is 0 Å². The molecule has 0 aliphatic heterocycles. The highest BCUT2D eigenvalue weighted by Gasteiger charge is 2.18. The maximum Gasteiger partial charge on any atom is 0.0992 e. The molecule has 0 saturated heterocycles. The van der Waals surface area contributed by atoms with Crippen LogP contribution in [0.2, 0.25) is 0 Å². The predicted molar refractivity (Wildman–Crippen MR) is 63.0 cm³/mol. The largest absolute Gasteiger partial charge is 0.393 e. The van der Waals surface area contributed by atoms with Gasteiger partial charge >= 0.3 is 0 Å². The van der Waals surface area contributed by atoms with E-state index in [-0.39, 0.29) is 6.10 Å². The Balaban J connectivity index is 1.96. The lowest BCUT2D eigenvalue weighted by molar-refractivity contribution is 0.126. The van der Waals surface area contributed by atoms with Crippen LogP contribution in [0.25, 0.3) is 0 Å². The first-order valence-corrected chi connectivity index (χ1v) is 5.72. The number of aliphatic hydroxyl groups is 1. The van der Waals surface area contributed by atoms with Gasteiger partial charge in [-0.15, -0.1) is 0 Å². The van der Waals surface area contributed by atoms with Crippen molar-refractivity contribution in [2.24, 2.45) is 0 Å². The van der Waals surface area contributed by atoms with Crippen molar-refractivity contribution in [3.05, 3.63) is 29.8 Å². The Hall–Kier alpha value is -1.53. The van der Waals surface area contributed by atoms with Gasteiger partial charge in [-0.1, -0.05) is 6.07 Å². The van der Waals surface area contributed by atoms with Gasteiger partial charge in [-0.25, -0.2) is 0 Å². The molecule has 3 heteroatoms. The Labute approximate surface area is 95.7 Å². The number of anilines is 1. The molecule has 0 amide bonds. The number of benzene rings is 1. The first-order valence-electron chi connectivity index (χ1n) is 5.72. The highest BCUT2D eigenvalue weighted by molar-refractivity contribution is 5.49. The molecule has 2 rings (SSSR count). The standard InChI is InChI=1S/C13H16N2O/c14-9-10-2-1-3-12(8-10)15-11-4-6-13(16)7-5-11/h1-3,8,11,13,15-16H,4-7H2. The summed E-state index contributed by atoms with van der Waals surface area (Å²) >= 11 is 0. The molecule has 0 atom stereocenters. The summed E-state index contributed by atoms with van der Waals surface area (Å²) in [6, 6.07) is 10.1. The van der Waals surface area contributed by atoms with Crippen molar-refractivity contribution in [3.63, 3.8) is 0 Å². The van der Waals surface area contributed by atoms with Gasteiger partial charge in [0.15, 0.2) is 0 Å². The third kappa shape index (κ3) is 2.74. The van der Waals surface area contributed by atoms with Crippen molar-refractivity contribution in [1.82, 2.24) is 0 Å². The number of nitriles is 1. The summed E-state index contributed by atoms with van der Waals surface area (Å²) in [6.07, 6.45) is 3.62. The average molecular weight is 216 g/mol. The van der Waals surface area contributed by atoms with E-state index in [9.17, 15) is 5.11 Å². The normalized spacial score (nSPS) is 24.8. The maximum atomic E-state index is 9.40. The van der Waals surface area contributed by atoms with Crippen LogP contribution in [0.5, 0.6) is 0 Å². The van der Waals surface area contributed by atoms with Gasteiger partial charge in [-0.2, -0.15) is 5.26 Å². The highest BCUT2D eigenvalue weighted by atomic mass is 16.3. The molecule has 1 saturated carbocycles.